The standard InChI is InChI=1S/C21H24O5/c1-3-4-5-6-15-24-18-11-13-20(14-12-18)26-21(23)17-7-9-19(10-8-17)25-16(2)22/h7-14H,3-6,15H2,1-2H3. The molecule has 0 spiro atoms. The second kappa shape index (κ2) is 10.2. The summed E-state index contributed by atoms with van der Waals surface area (Å²) in [7, 11) is 0. The molecule has 0 N–H and O–H groups in total. The van der Waals surface area contributed by atoms with E-state index in [0.29, 0.717) is 23.7 Å². The monoisotopic (exact) mass is 356 g/mol. The van der Waals surface area contributed by atoms with Crippen LogP contribution in [0.2, 0.25) is 0 Å². The summed E-state index contributed by atoms with van der Waals surface area (Å²) in [4.78, 5) is 23.0. The van der Waals surface area contributed by atoms with Crippen molar-refractivity contribution in [2.24, 2.45) is 0 Å². The summed E-state index contributed by atoms with van der Waals surface area (Å²) in [5.74, 6) is 0.694. The number of carbonyl (C=O) groups excluding carboxylic acids is 2. The Hall–Kier alpha value is -2.82. The Morgan fingerprint density at radius 1 is 0.769 bits per heavy atom. The molecule has 0 fully saturated rings. The highest BCUT2D eigenvalue weighted by molar-refractivity contribution is 5.91. The van der Waals surface area contributed by atoms with E-state index in [9.17, 15) is 9.59 Å². The smallest absolute Gasteiger partial charge is 0.343 e. The van der Waals surface area contributed by atoms with Crippen LogP contribution < -0.4 is 14.2 Å². The summed E-state index contributed by atoms with van der Waals surface area (Å²) in [6.45, 7) is 4.18. The SMILES string of the molecule is CCCCCCOc1ccc(OC(=O)c2ccc(OC(C)=O)cc2)cc1. The van der Waals surface area contributed by atoms with Crippen molar-refractivity contribution < 1.29 is 23.8 Å². The fourth-order valence-corrected chi connectivity index (χ4v) is 2.31. The van der Waals surface area contributed by atoms with Crippen molar-refractivity contribution in [3.63, 3.8) is 0 Å². The average molecular weight is 356 g/mol. The van der Waals surface area contributed by atoms with Crippen LogP contribution in [0.4, 0.5) is 0 Å². The summed E-state index contributed by atoms with van der Waals surface area (Å²) in [6, 6.07) is 13.2. The van der Waals surface area contributed by atoms with Crippen LogP contribution in [0, 0.1) is 0 Å². The molecule has 0 heterocycles. The summed E-state index contributed by atoms with van der Waals surface area (Å²) in [5.41, 5.74) is 0.372. The van der Waals surface area contributed by atoms with Crippen LogP contribution in [0.15, 0.2) is 48.5 Å². The Morgan fingerprint density at radius 2 is 1.35 bits per heavy atom. The Labute approximate surface area is 153 Å². The summed E-state index contributed by atoms with van der Waals surface area (Å²) >= 11 is 0. The summed E-state index contributed by atoms with van der Waals surface area (Å²) in [6.07, 6.45) is 4.63. The van der Waals surface area contributed by atoms with Crippen LogP contribution in [0.1, 0.15) is 49.9 Å². The van der Waals surface area contributed by atoms with Gasteiger partial charge in [-0.15, -0.1) is 0 Å². The second-order valence-corrected chi connectivity index (χ2v) is 5.89. The highest BCUT2D eigenvalue weighted by Gasteiger charge is 2.09. The molecule has 0 bridgehead atoms. The van der Waals surface area contributed by atoms with Gasteiger partial charge in [0.05, 0.1) is 12.2 Å². The van der Waals surface area contributed by atoms with E-state index in [-0.39, 0.29) is 0 Å². The quantitative estimate of drug-likeness (QED) is 0.367. The Morgan fingerprint density at radius 3 is 1.96 bits per heavy atom. The zero-order chi connectivity index (χ0) is 18.8. The van der Waals surface area contributed by atoms with Crippen molar-refractivity contribution in [3.05, 3.63) is 54.1 Å². The predicted octanol–water partition coefficient (Wildman–Crippen LogP) is 4.79. The lowest BCUT2D eigenvalue weighted by atomic mass is 10.2. The van der Waals surface area contributed by atoms with Gasteiger partial charge in [0.15, 0.2) is 0 Å². The maximum Gasteiger partial charge on any atom is 0.343 e. The maximum atomic E-state index is 12.1. The number of carbonyl (C=O) groups is 2. The lowest BCUT2D eigenvalue weighted by Gasteiger charge is -2.08. The molecule has 0 aliphatic carbocycles. The van der Waals surface area contributed by atoms with Crippen LogP contribution >= 0.6 is 0 Å². The van der Waals surface area contributed by atoms with E-state index in [2.05, 4.69) is 6.92 Å². The molecular weight excluding hydrogens is 332 g/mol. The van der Waals surface area contributed by atoms with Gasteiger partial charge in [0.25, 0.3) is 0 Å². The molecule has 0 saturated carbocycles. The van der Waals surface area contributed by atoms with E-state index in [1.807, 2.05) is 0 Å². The number of ether oxygens (including phenoxy) is 3. The number of esters is 2. The van der Waals surface area contributed by atoms with Gasteiger partial charge in [-0.25, -0.2) is 4.79 Å². The predicted molar refractivity (Wildman–Crippen MR) is 98.8 cm³/mol. The van der Waals surface area contributed by atoms with Crippen molar-refractivity contribution in [3.8, 4) is 17.2 Å². The molecule has 0 aromatic heterocycles. The minimum atomic E-state index is -0.479. The molecule has 5 nitrogen and oxygen atoms in total. The van der Waals surface area contributed by atoms with Gasteiger partial charge in [-0.2, -0.15) is 0 Å². The van der Waals surface area contributed by atoms with Crippen molar-refractivity contribution in [2.75, 3.05) is 6.61 Å². The molecule has 26 heavy (non-hydrogen) atoms. The van der Waals surface area contributed by atoms with E-state index in [0.717, 1.165) is 12.2 Å². The average Bonchev–Trinajstić information content (AvgIpc) is 2.63. The topological polar surface area (TPSA) is 61.8 Å². The van der Waals surface area contributed by atoms with Gasteiger partial charge in [0, 0.05) is 6.92 Å². The van der Waals surface area contributed by atoms with Gasteiger partial charge < -0.3 is 14.2 Å². The van der Waals surface area contributed by atoms with Gasteiger partial charge in [0.1, 0.15) is 17.2 Å². The molecule has 0 unspecified atom stereocenters. The number of benzene rings is 2. The molecule has 0 amide bonds. The van der Waals surface area contributed by atoms with Gasteiger partial charge in [-0.05, 0) is 55.0 Å². The molecule has 2 aromatic carbocycles. The molecule has 5 heteroatoms. The van der Waals surface area contributed by atoms with E-state index in [4.69, 9.17) is 14.2 Å². The zero-order valence-electron chi connectivity index (χ0n) is 15.2. The molecule has 2 rings (SSSR count). The minimum absolute atomic E-state index is 0.372. The van der Waals surface area contributed by atoms with Crippen molar-refractivity contribution >= 4 is 11.9 Å². The molecule has 0 saturated heterocycles. The molecule has 0 aliphatic heterocycles. The van der Waals surface area contributed by atoms with Crippen molar-refractivity contribution in [1.29, 1.82) is 0 Å². The third-order valence-electron chi connectivity index (χ3n) is 3.65. The van der Waals surface area contributed by atoms with E-state index >= 15 is 0 Å². The third-order valence-corrected chi connectivity index (χ3v) is 3.65. The van der Waals surface area contributed by atoms with E-state index < -0.39 is 11.9 Å². The highest BCUT2D eigenvalue weighted by atomic mass is 16.5. The zero-order valence-corrected chi connectivity index (χ0v) is 15.2. The maximum absolute atomic E-state index is 12.1. The normalized spacial score (nSPS) is 10.2. The Bertz CT molecular complexity index is 704. The van der Waals surface area contributed by atoms with Crippen LogP contribution in [-0.4, -0.2) is 18.5 Å². The first-order valence-electron chi connectivity index (χ1n) is 8.82. The second-order valence-electron chi connectivity index (χ2n) is 5.89. The number of hydrogen-bond acceptors (Lipinski definition) is 5. The minimum Gasteiger partial charge on any atom is -0.494 e. The first-order chi connectivity index (χ1) is 12.6. The molecule has 0 atom stereocenters. The van der Waals surface area contributed by atoms with Gasteiger partial charge >= 0.3 is 11.9 Å². The summed E-state index contributed by atoms with van der Waals surface area (Å²) < 4.78 is 15.9. The highest BCUT2D eigenvalue weighted by Crippen LogP contribution is 2.20. The van der Waals surface area contributed by atoms with Crippen LogP contribution in [-0.2, 0) is 4.79 Å². The molecular formula is C21H24O5. The largest absolute Gasteiger partial charge is 0.494 e. The van der Waals surface area contributed by atoms with Crippen LogP contribution in [0.5, 0.6) is 17.2 Å². The molecule has 2 aromatic rings. The molecule has 138 valence electrons. The third kappa shape index (κ3) is 6.59. The Kier molecular flexibility index (Phi) is 7.68. The fraction of sp³-hybridized carbons (Fsp3) is 0.333. The fourth-order valence-electron chi connectivity index (χ4n) is 2.31. The van der Waals surface area contributed by atoms with Crippen molar-refractivity contribution in [1.82, 2.24) is 0 Å². The first-order valence-corrected chi connectivity index (χ1v) is 8.82. The van der Waals surface area contributed by atoms with E-state index in [1.54, 1.807) is 48.5 Å². The number of hydrogen-bond donors (Lipinski definition) is 0. The number of rotatable bonds is 9. The first kappa shape index (κ1) is 19.5. The van der Waals surface area contributed by atoms with Crippen LogP contribution in [0.3, 0.4) is 0 Å². The summed E-state index contributed by atoms with van der Waals surface area (Å²) in [5, 5.41) is 0. The van der Waals surface area contributed by atoms with Gasteiger partial charge in [-0.3, -0.25) is 4.79 Å². The van der Waals surface area contributed by atoms with Gasteiger partial charge in [-0.1, -0.05) is 26.2 Å². The lowest BCUT2D eigenvalue weighted by molar-refractivity contribution is -0.131. The molecule has 0 aliphatic rings. The van der Waals surface area contributed by atoms with Gasteiger partial charge in [0.2, 0.25) is 0 Å². The van der Waals surface area contributed by atoms with E-state index in [1.165, 1.54) is 26.2 Å². The molecule has 0 radical (unpaired) electrons. The number of unbranched alkanes of at least 4 members (excludes halogenated alkanes) is 3. The van der Waals surface area contributed by atoms with Crippen LogP contribution in [0.25, 0.3) is 0 Å². The van der Waals surface area contributed by atoms with Crippen molar-refractivity contribution in [2.45, 2.75) is 39.5 Å². The Balaban J connectivity index is 1.84. The lowest BCUT2D eigenvalue weighted by Crippen LogP contribution is -2.08.